The highest BCUT2D eigenvalue weighted by molar-refractivity contribution is 7.89. The van der Waals surface area contributed by atoms with E-state index in [1.807, 2.05) is 0 Å². The minimum atomic E-state index is -3.59. The monoisotopic (exact) mass is 353 g/mol. The van der Waals surface area contributed by atoms with Crippen LogP contribution in [0.2, 0.25) is 0 Å². The van der Waals surface area contributed by atoms with Gasteiger partial charge in [0.05, 0.1) is 0 Å². The molecule has 7 heteroatoms. The number of aromatic nitrogens is 1. The number of nitrogens with zero attached hydrogens (tertiary/aromatic N) is 2. The molecule has 0 unspecified atom stereocenters. The molecule has 1 amide bonds. The van der Waals surface area contributed by atoms with Crippen LogP contribution >= 0.6 is 0 Å². The molecule has 2 aliphatic rings. The van der Waals surface area contributed by atoms with Crippen LogP contribution in [0.5, 0.6) is 0 Å². The van der Waals surface area contributed by atoms with E-state index in [1.165, 1.54) is 6.42 Å². The summed E-state index contributed by atoms with van der Waals surface area (Å²) in [6, 6.07) is 1.56. The van der Waals surface area contributed by atoms with Crippen LogP contribution in [0.25, 0.3) is 0 Å². The van der Waals surface area contributed by atoms with E-state index >= 15 is 0 Å². The summed E-state index contributed by atoms with van der Waals surface area (Å²) in [6.45, 7) is 3.27. The summed E-state index contributed by atoms with van der Waals surface area (Å²) in [5.74, 6) is -0.0720. The highest BCUT2D eigenvalue weighted by atomic mass is 32.2. The second-order valence-corrected chi connectivity index (χ2v) is 8.68. The third kappa shape index (κ3) is 3.37. The minimum absolute atomic E-state index is 0.0149. The number of carbonyl (C=O) groups excluding carboxylic acids is 1. The molecular formula is C17H27N3O3S. The van der Waals surface area contributed by atoms with E-state index in [-0.39, 0.29) is 16.8 Å². The SMILES string of the molecule is Cc1c(S(=O)(=O)NC2CCCCC2)cc(C(=O)N2CCCC2)n1C. The standard InChI is InChI=1S/C17H27N3O3S/c1-13-16(24(22,23)18-14-8-4-3-5-9-14)12-15(19(13)2)17(21)20-10-6-7-11-20/h12,14,18H,3-11H2,1-2H3. The molecule has 1 aromatic heterocycles. The molecule has 1 saturated heterocycles. The third-order valence-electron chi connectivity index (χ3n) is 5.32. The van der Waals surface area contributed by atoms with Crippen molar-refractivity contribution in [3.05, 3.63) is 17.5 Å². The van der Waals surface area contributed by atoms with Crippen LogP contribution in [0, 0.1) is 6.92 Å². The maximum absolute atomic E-state index is 12.8. The third-order valence-corrected chi connectivity index (χ3v) is 6.95. The number of sulfonamides is 1. The van der Waals surface area contributed by atoms with E-state index in [0.29, 0.717) is 11.4 Å². The highest BCUT2D eigenvalue weighted by Crippen LogP contribution is 2.24. The Kier molecular flexibility index (Phi) is 5.01. The molecule has 0 atom stereocenters. The Balaban J connectivity index is 1.85. The largest absolute Gasteiger partial charge is 0.343 e. The van der Waals surface area contributed by atoms with E-state index in [4.69, 9.17) is 0 Å². The Morgan fingerprint density at radius 2 is 1.75 bits per heavy atom. The fourth-order valence-corrected chi connectivity index (χ4v) is 5.33. The first kappa shape index (κ1) is 17.5. The van der Waals surface area contributed by atoms with Gasteiger partial charge in [0, 0.05) is 31.9 Å². The van der Waals surface area contributed by atoms with Crippen molar-refractivity contribution < 1.29 is 13.2 Å². The van der Waals surface area contributed by atoms with Crippen molar-refractivity contribution in [3.63, 3.8) is 0 Å². The van der Waals surface area contributed by atoms with Crippen LogP contribution in [0.1, 0.15) is 61.1 Å². The second-order valence-electron chi connectivity index (χ2n) is 6.99. The average molecular weight is 353 g/mol. The summed E-state index contributed by atoms with van der Waals surface area (Å²) in [6.07, 6.45) is 7.14. The number of rotatable bonds is 4. The quantitative estimate of drug-likeness (QED) is 0.902. The molecule has 1 aliphatic carbocycles. The lowest BCUT2D eigenvalue weighted by Gasteiger charge is -2.22. The Morgan fingerprint density at radius 1 is 1.12 bits per heavy atom. The van der Waals surface area contributed by atoms with Crippen molar-refractivity contribution in [1.29, 1.82) is 0 Å². The van der Waals surface area contributed by atoms with Crippen LogP contribution in [-0.4, -0.2) is 42.9 Å². The van der Waals surface area contributed by atoms with Crippen LogP contribution in [-0.2, 0) is 17.1 Å². The second kappa shape index (κ2) is 6.88. The van der Waals surface area contributed by atoms with Gasteiger partial charge < -0.3 is 9.47 Å². The summed E-state index contributed by atoms with van der Waals surface area (Å²) < 4.78 is 30.1. The van der Waals surface area contributed by atoms with Crippen molar-refractivity contribution in [3.8, 4) is 0 Å². The molecule has 134 valence electrons. The topological polar surface area (TPSA) is 71.4 Å². The lowest BCUT2D eigenvalue weighted by Crippen LogP contribution is -2.36. The fourth-order valence-electron chi connectivity index (χ4n) is 3.73. The van der Waals surface area contributed by atoms with Crippen molar-refractivity contribution in [2.24, 2.45) is 7.05 Å². The van der Waals surface area contributed by atoms with Crippen LogP contribution in [0.15, 0.2) is 11.0 Å². The normalized spacial score (nSPS) is 19.8. The van der Waals surface area contributed by atoms with Gasteiger partial charge in [-0.1, -0.05) is 19.3 Å². The first-order chi connectivity index (χ1) is 11.4. The van der Waals surface area contributed by atoms with Gasteiger partial charge in [-0.05, 0) is 38.7 Å². The summed E-state index contributed by atoms with van der Waals surface area (Å²) >= 11 is 0. The molecule has 6 nitrogen and oxygen atoms in total. The van der Waals surface area contributed by atoms with Gasteiger partial charge in [0.1, 0.15) is 10.6 Å². The van der Waals surface area contributed by atoms with Crippen LogP contribution < -0.4 is 4.72 Å². The first-order valence-corrected chi connectivity index (χ1v) is 10.4. The van der Waals surface area contributed by atoms with Crippen LogP contribution in [0.3, 0.4) is 0 Å². The fraction of sp³-hybridized carbons (Fsp3) is 0.706. The van der Waals surface area contributed by atoms with E-state index in [2.05, 4.69) is 4.72 Å². The van der Waals surface area contributed by atoms with Gasteiger partial charge in [0.25, 0.3) is 5.91 Å². The van der Waals surface area contributed by atoms with Crippen LogP contribution in [0.4, 0.5) is 0 Å². The molecule has 0 bridgehead atoms. The Morgan fingerprint density at radius 3 is 2.38 bits per heavy atom. The van der Waals surface area contributed by atoms with Gasteiger partial charge in [-0.15, -0.1) is 0 Å². The molecule has 3 rings (SSSR count). The smallest absolute Gasteiger partial charge is 0.270 e. The van der Waals surface area contributed by atoms with Crippen molar-refractivity contribution in [2.75, 3.05) is 13.1 Å². The number of carbonyl (C=O) groups is 1. The van der Waals surface area contributed by atoms with Crippen molar-refractivity contribution >= 4 is 15.9 Å². The zero-order chi connectivity index (χ0) is 17.3. The molecule has 1 saturated carbocycles. The summed E-state index contributed by atoms with van der Waals surface area (Å²) in [5.41, 5.74) is 1.07. The number of likely N-dealkylation sites (tertiary alicyclic amines) is 1. The van der Waals surface area contributed by atoms with E-state index < -0.39 is 10.0 Å². The first-order valence-electron chi connectivity index (χ1n) is 8.88. The van der Waals surface area contributed by atoms with E-state index in [1.54, 1.807) is 29.5 Å². The Labute approximate surface area is 144 Å². The van der Waals surface area contributed by atoms with Gasteiger partial charge in [-0.2, -0.15) is 0 Å². The average Bonchev–Trinajstić information content (AvgIpc) is 3.17. The number of hydrogen-bond acceptors (Lipinski definition) is 3. The minimum Gasteiger partial charge on any atom is -0.343 e. The van der Waals surface area contributed by atoms with Gasteiger partial charge in [-0.25, -0.2) is 13.1 Å². The van der Waals surface area contributed by atoms with Crippen molar-refractivity contribution in [1.82, 2.24) is 14.2 Å². The number of nitrogens with one attached hydrogen (secondary N) is 1. The summed E-state index contributed by atoms with van der Waals surface area (Å²) in [7, 11) is -1.83. The molecular weight excluding hydrogens is 326 g/mol. The Bertz CT molecular complexity index is 712. The predicted molar refractivity (Wildman–Crippen MR) is 92.5 cm³/mol. The Hall–Kier alpha value is -1.34. The molecule has 2 heterocycles. The molecule has 1 aliphatic heterocycles. The molecule has 1 aromatic rings. The summed E-state index contributed by atoms with van der Waals surface area (Å²) in [4.78, 5) is 14.7. The zero-order valence-corrected chi connectivity index (χ0v) is 15.4. The highest BCUT2D eigenvalue weighted by Gasteiger charge is 2.29. The van der Waals surface area contributed by atoms with Gasteiger partial charge in [-0.3, -0.25) is 4.79 Å². The molecule has 2 fully saturated rings. The van der Waals surface area contributed by atoms with E-state index in [0.717, 1.165) is 51.6 Å². The molecule has 24 heavy (non-hydrogen) atoms. The number of amides is 1. The summed E-state index contributed by atoms with van der Waals surface area (Å²) in [5, 5.41) is 0. The maximum atomic E-state index is 12.8. The lowest BCUT2D eigenvalue weighted by molar-refractivity contribution is 0.0783. The van der Waals surface area contributed by atoms with Gasteiger partial charge in [0.2, 0.25) is 10.0 Å². The zero-order valence-electron chi connectivity index (χ0n) is 14.5. The van der Waals surface area contributed by atoms with E-state index in [9.17, 15) is 13.2 Å². The maximum Gasteiger partial charge on any atom is 0.270 e. The predicted octanol–water partition coefficient (Wildman–Crippen LogP) is 2.18. The molecule has 0 radical (unpaired) electrons. The van der Waals surface area contributed by atoms with Gasteiger partial charge in [0.15, 0.2) is 0 Å². The number of hydrogen-bond donors (Lipinski definition) is 1. The molecule has 0 aromatic carbocycles. The lowest BCUT2D eigenvalue weighted by atomic mass is 9.96. The van der Waals surface area contributed by atoms with Crippen molar-refractivity contribution in [2.45, 2.75) is 62.8 Å². The molecule has 0 spiro atoms. The molecule has 1 N–H and O–H groups in total. The van der Waals surface area contributed by atoms with Gasteiger partial charge >= 0.3 is 0 Å².